The van der Waals surface area contributed by atoms with Crippen LogP contribution in [-0.2, 0) is 4.79 Å². The van der Waals surface area contributed by atoms with Crippen LogP contribution >= 0.6 is 11.8 Å². The first-order chi connectivity index (χ1) is 11.0. The second-order valence-electron chi connectivity index (χ2n) is 5.17. The highest BCUT2D eigenvalue weighted by molar-refractivity contribution is 8.00. The number of carbonyl (C=O) groups excluding carboxylic acids is 2. The average Bonchev–Trinajstić information content (AvgIpc) is 2.52. The van der Waals surface area contributed by atoms with Crippen molar-refractivity contribution in [2.24, 2.45) is 0 Å². The van der Waals surface area contributed by atoms with Crippen LogP contribution in [0, 0.1) is 0 Å². The number of ether oxygens (including phenoxy) is 2. The molecule has 0 saturated carbocycles. The molecule has 126 valence electrons. The van der Waals surface area contributed by atoms with Crippen molar-refractivity contribution in [3.63, 3.8) is 0 Å². The number of anilines is 1. The van der Waals surface area contributed by atoms with E-state index >= 15 is 0 Å². The van der Waals surface area contributed by atoms with E-state index in [-0.39, 0.29) is 29.1 Å². The lowest BCUT2D eigenvalue weighted by atomic mass is 10.2. The highest BCUT2D eigenvalue weighted by Gasteiger charge is 2.23. The molecule has 1 aliphatic rings. The third-order valence-corrected chi connectivity index (χ3v) is 4.48. The quantitative estimate of drug-likeness (QED) is 0.735. The Morgan fingerprint density at radius 2 is 2.13 bits per heavy atom. The number of amides is 3. The third kappa shape index (κ3) is 4.95. The van der Waals surface area contributed by atoms with Crippen LogP contribution < -0.4 is 25.4 Å². The molecular formula is C15H21N3O4S. The molecule has 23 heavy (non-hydrogen) atoms. The number of carbonyl (C=O) groups is 2. The summed E-state index contributed by atoms with van der Waals surface area (Å²) in [5, 5.41) is 8.30. The molecule has 1 aliphatic heterocycles. The maximum Gasteiger partial charge on any atom is 0.315 e. The zero-order chi connectivity index (χ0) is 16.8. The van der Waals surface area contributed by atoms with Gasteiger partial charge in [0, 0.05) is 12.1 Å². The summed E-state index contributed by atoms with van der Waals surface area (Å²) in [6.45, 7) is 1.94. The van der Waals surface area contributed by atoms with Gasteiger partial charge in [0.1, 0.15) is 11.5 Å². The molecule has 1 heterocycles. The van der Waals surface area contributed by atoms with Crippen molar-refractivity contribution in [2.75, 3.05) is 25.3 Å². The molecule has 1 fully saturated rings. The standard InChI is InChI=1S/C15H21N3O4S/c1-9-6-14(18-15(20)16-9)23-8-13(19)17-11-5-4-10(21-2)7-12(11)22-3/h4-5,7,9,14H,6,8H2,1-3H3,(H,17,19)(H2,16,18,20). The summed E-state index contributed by atoms with van der Waals surface area (Å²) in [6.07, 6.45) is 0.773. The van der Waals surface area contributed by atoms with Gasteiger partial charge in [-0.1, -0.05) is 0 Å². The Kier molecular flexibility index (Phi) is 5.97. The van der Waals surface area contributed by atoms with Gasteiger partial charge in [-0.2, -0.15) is 0 Å². The Morgan fingerprint density at radius 1 is 1.35 bits per heavy atom. The molecule has 0 radical (unpaired) electrons. The Morgan fingerprint density at radius 3 is 2.78 bits per heavy atom. The summed E-state index contributed by atoms with van der Waals surface area (Å²) in [6, 6.07) is 5.09. The summed E-state index contributed by atoms with van der Waals surface area (Å²) in [4.78, 5) is 23.5. The molecular weight excluding hydrogens is 318 g/mol. The Hall–Kier alpha value is -2.09. The Bertz CT molecular complexity index is 582. The lowest BCUT2D eigenvalue weighted by molar-refractivity contribution is -0.113. The van der Waals surface area contributed by atoms with Gasteiger partial charge in [-0.25, -0.2) is 4.79 Å². The molecule has 2 rings (SSSR count). The van der Waals surface area contributed by atoms with Crippen molar-refractivity contribution in [1.29, 1.82) is 0 Å². The summed E-state index contributed by atoms with van der Waals surface area (Å²) >= 11 is 1.40. The van der Waals surface area contributed by atoms with Crippen LogP contribution in [0.3, 0.4) is 0 Å². The van der Waals surface area contributed by atoms with Crippen LogP contribution in [0.1, 0.15) is 13.3 Å². The van der Waals surface area contributed by atoms with E-state index in [1.54, 1.807) is 25.3 Å². The lowest BCUT2D eigenvalue weighted by Gasteiger charge is -2.28. The zero-order valence-corrected chi connectivity index (χ0v) is 14.2. The summed E-state index contributed by atoms with van der Waals surface area (Å²) in [5.41, 5.74) is 0.585. The largest absolute Gasteiger partial charge is 0.497 e. The molecule has 0 aromatic heterocycles. The van der Waals surface area contributed by atoms with Crippen molar-refractivity contribution in [3.8, 4) is 11.5 Å². The smallest absolute Gasteiger partial charge is 0.315 e. The first-order valence-electron chi connectivity index (χ1n) is 7.22. The maximum absolute atomic E-state index is 12.1. The van der Waals surface area contributed by atoms with Crippen LogP contribution in [0.25, 0.3) is 0 Å². The molecule has 2 unspecified atom stereocenters. The van der Waals surface area contributed by atoms with Gasteiger partial charge in [-0.05, 0) is 25.5 Å². The number of thioether (sulfide) groups is 1. The molecule has 8 heteroatoms. The van der Waals surface area contributed by atoms with Crippen molar-refractivity contribution in [2.45, 2.75) is 24.8 Å². The van der Waals surface area contributed by atoms with Crippen LogP contribution in [0.2, 0.25) is 0 Å². The fourth-order valence-corrected chi connectivity index (χ4v) is 3.26. The van der Waals surface area contributed by atoms with Gasteiger partial charge in [-0.3, -0.25) is 4.79 Å². The lowest BCUT2D eigenvalue weighted by Crippen LogP contribution is -2.52. The normalized spacial score (nSPS) is 20.2. The first-order valence-corrected chi connectivity index (χ1v) is 8.27. The first kappa shape index (κ1) is 17.3. The highest BCUT2D eigenvalue weighted by Crippen LogP contribution is 2.29. The predicted molar refractivity (Wildman–Crippen MR) is 90.2 cm³/mol. The van der Waals surface area contributed by atoms with Gasteiger partial charge in [0.15, 0.2) is 0 Å². The van der Waals surface area contributed by atoms with Gasteiger partial charge < -0.3 is 25.4 Å². The zero-order valence-electron chi connectivity index (χ0n) is 13.3. The SMILES string of the molecule is COc1ccc(NC(=O)CSC2CC(C)NC(=O)N2)c(OC)c1. The summed E-state index contributed by atoms with van der Waals surface area (Å²) in [7, 11) is 3.10. The second kappa shape index (κ2) is 7.96. The number of benzene rings is 1. The molecule has 0 bridgehead atoms. The van der Waals surface area contributed by atoms with Crippen molar-refractivity contribution in [3.05, 3.63) is 18.2 Å². The van der Waals surface area contributed by atoms with E-state index in [9.17, 15) is 9.59 Å². The van der Waals surface area contributed by atoms with Gasteiger partial charge in [0.2, 0.25) is 5.91 Å². The van der Waals surface area contributed by atoms with E-state index in [1.807, 2.05) is 6.92 Å². The molecule has 1 aromatic rings. The monoisotopic (exact) mass is 339 g/mol. The topological polar surface area (TPSA) is 88.7 Å². The second-order valence-corrected chi connectivity index (χ2v) is 6.36. The van der Waals surface area contributed by atoms with E-state index in [0.717, 1.165) is 6.42 Å². The van der Waals surface area contributed by atoms with E-state index < -0.39 is 0 Å². The average molecular weight is 339 g/mol. The van der Waals surface area contributed by atoms with Crippen LogP contribution in [0.15, 0.2) is 18.2 Å². The van der Waals surface area contributed by atoms with E-state index in [4.69, 9.17) is 9.47 Å². The Labute approximate surface area is 139 Å². The molecule has 0 spiro atoms. The number of urea groups is 1. The van der Waals surface area contributed by atoms with Crippen molar-refractivity contribution in [1.82, 2.24) is 10.6 Å². The number of hydrogen-bond donors (Lipinski definition) is 3. The fraction of sp³-hybridized carbons (Fsp3) is 0.467. The van der Waals surface area contributed by atoms with Crippen LogP contribution in [0.5, 0.6) is 11.5 Å². The number of rotatable bonds is 6. The number of methoxy groups -OCH3 is 2. The van der Waals surface area contributed by atoms with Crippen molar-refractivity contribution < 1.29 is 19.1 Å². The fourth-order valence-electron chi connectivity index (χ4n) is 2.22. The van der Waals surface area contributed by atoms with E-state index in [2.05, 4.69) is 16.0 Å². The molecule has 2 atom stereocenters. The van der Waals surface area contributed by atoms with Gasteiger partial charge >= 0.3 is 6.03 Å². The van der Waals surface area contributed by atoms with Crippen LogP contribution in [0.4, 0.5) is 10.5 Å². The third-order valence-electron chi connectivity index (χ3n) is 3.34. The Balaban J connectivity index is 1.88. The summed E-state index contributed by atoms with van der Waals surface area (Å²) in [5.74, 6) is 1.28. The van der Waals surface area contributed by atoms with E-state index in [0.29, 0.717) is 17.2 Å². The minimum absolute atomic E-state index is 0.0673. The maximum atomic E-state index is 12.1. The minimum Gasteiger partial charge on any atom is -0.497 e. The molecule has 0 aliphatic carbocycles. The van der Waals surface area contributed by atoms with Crippen LogP contribution in [-0.4, -0.2) is 43.3 Å². The molecule has 3 N–H and O–H groups in total. The van der Waals surface area contributed by atoms with Gasteiger partial charge in [0.05, 0.1) is 31.0 Å². The predicted octanol–water partition coefficient (Wildman–Crippen LogP) is 1.79. The number of hydrogen-bond acceptors (Lipinski definition) is 5. The summed E-state index contributed by atoms with van der Waals surface area (Å²) < 4.78 is 10.4. The number of nitrogens with one attached hydrogen (secondary N) is 3. The molecule has 1 saturated heterocycles. The van der Waals surface area contributed by atoms with Crippen molar-refractivity contribution >= 4 is 29.4 Å². The minimum atomic E-state index is -0.196. The molecule has 1 aromatic carbocycles. The highest BCUT2D eigenvalue weighted by atomic mass is 32.2. The van der Waals surface area contributed by atoms with E-state index in [1.165, 1.54) is 18.9 Å². The molecule has 7 nitrogen and oxygen atoms in total. The van der Waals surface area contributed by atoms with Gasteiger partial charge in [-0.15, -0.1) is 11.8 Å². The van der Waals surface area contributed by atoms with Gasteiger partial charge in [0.25, 0.3) is 0 Å². The molecule has 3 amide bonds.